The number of carbonyl (C=O) groups is 2. The van der Waals surface area contributed by atoms with E-state index in [0.29, 0.717) is 5.69 Å². The fraction of sp³-hybridized carbons (Fsp3) is 0.400. The van der Waals surface area contributed by atoms with Crippen molar-refractivity contribution in [2.45, 2.75) is 13.8 Å². The summed E-state index contributed by atoms with van der Waals surface area (Å²) < 4.78 is 4.77. The molecule has 1 aromatic rings. The molecule has 0 saturated carbocycles. The van der Waals surface area contributed by atoms with Gasteiger partial charge in [-0.3, -0.25) is 4.90 Å². The first-order valence-corrected chi connectivity index (χ1v) is 6.89. The maximum absolute atomic E-state index is 12.3. The lowest BCUT2D eigenvalue weighted by Crippen LogP contribution is -2.44. The van der Waals surface area contributed by atoms with Crippen molar-refractivity contribution >= 4 is 23.8 Å². The first kappa shape index (κ1) is 17.5. The first-order chi connectivity index (χ1) is 10.3. The maximum Gasteiger partial charge on any atom is 0.436 e. The van der Waals surface area contributed by atoms with E-state index in [4.69, 9.17) is 4.74 Å². The number of carbonyl (C=O) groups excluding carboxylic acids is 2. The Bertz CT molecular complexity index is 570. The summed E-state index contributed by atoms with van der Waals surface area (Å²) >= 11 is 0. The van der Waals surface area contributed by atoms with Crippen molar-refractivity contribution < 1.29 is 14.3 Å². The van der Waals surface area contributed by atoms with Crippen LogP contribution in [0.2, 0.25) is 0 Å². The van der Waals surface area contributed by atoms with Crippen LogP contribution in [-0.2, 0) is 4.74 Å². The van der Waals surface area contributed by atoms with Crippen LogP contribution >= 0.6 is 0 Å². The van der Waals surface area contributed by atoms with Crippen molar-refractivity contribution in [1.82, 2.24) is 9.80 Å². The average Bonchev–Trinajstić information content (AvgIpc) is 2.44. The number of aryl methyl sites for hydroxylation is 1. The lowest BCUT2D eigenvalue weighted by atomic mass is 10.2. The molecule has 0 atom stereocenters. The molecule has 7 nitrogen and oxygen atoms in total. The van der Waals surface area contributed by atoms with Crippen molar-refractivity contribution in [3.63, 3.8) is 0 Å². The number of urea groups is 1. The molecule has 0 aromatic heterocycles. The summed E-state index contributed by atoms with van der Waals surface area (Å²) in [4.78, 5) is 30.4. The van der Waals surface area contributed by atoms with Gasteiger partial charge in [0.15, 0.2) is 0 Å². The number of nitrogens with one attached hydrogen (secondary N) is 1. The van der Waals surface area contributed by atoms with E-state index in [0.717, 1.165) is 5.56 Å². The summed E-state index contributed by atoms with van der Waals surface area (Å²) in [5, 5.41) is 2.75. The van der Waals surface area contributed by atoms with Gasteiger partial charge in [0.05, 0.1) is 6.61 Å². The largest absolute Gasteiger partial charge is 0.448 e. The van der Waals surface area contributed by atoms with Crippen molar-refractivity contribution in [3.8, 4) is 0 Å². The molecule has 1 rings (SSSR count). The van der Waals surface area contributed by atoms with E-state index in [1.165, 1.54) is 11.9 Å². The van der Waals surface area contributed by atoms with Gasteiger partial charge in [-0.2, -0.15) is 0 Å². The van der Waals surface area contributed by atoms with E-state index in [1.807, 2.05) is 25.1 Å². The van der Waals surface area contributed by atoms with Crippen LogP contribution in [0.25, 0.3) is 0 Å². The molecule has 0 aliphatic carbocycles. The first-order valence-electron chi connectivity index (χ1n) is 6.89. The number of benzene rings is 1. The van der Waals surface area contributed by atoms with E-state index in [2.05, 4.69) is 10.3 Å². The molecule has 0 radical (unpaired) electrons. The second-order valence-electron chi connectivity index (χ2n) is 4.86. The molecule has 120 valence electrons. The van der Waals surface area contributed by atoms with Crippen LogP contribution in [0.1, 0.15) is 12.5 Å². The molecule has 0 fully saturated rings. The summed E-state index contributed by atoms with van der Waals surface area (Å²) in [5.41, 5.74) is 1.71. The Morgan fingerprint density at radius 3 is 2.50 bits per heavy atom. The quantitative estimate of drug-likeness (QED) is 0.673. The van der Waals surface area contributed by atoms with Gasteiger partial charge in [-0.1, -0.05) is 12.1 Å². The number of guanidine groups is 1. The minimum atomic E-state index is -0.735. The van der Waals surface area contributed by atoms with Crippen molar-refractivity contribution in [3.05, 3.63) is 29.8 Å². The van der Waals surface area contributed by atoms with E-state index >= 15 is 0 Å². The lowest BCUT2D eigenvalue weighted by Gasteiger charge is -2.24. The fourth-order valence-corrected chi connectivity index (χ4v) is 1.73. The Morgan fingerprint density at radius 1 is 1.27 bits per heavy atom. The molecular formula is C15H22N4O3. The van der Waals surface area contributed by atoms with Crippen LogP contribution in [0.4, 0.5) is 15.3 Å². The van der Waals surface area contributed by atoms with Crippen LogP contribution in [0.3, 0.4) is 0 Å². The number of anilines is 1. The summed E-state index contributed by atoms with van der Waals surface area (Å²) in [6.45, 7) is 3.85. The number of rotatable bonds is 2. The molecule has 22 heavy (non-hydrogen) atoms. The molecule has 7 heteroatoms. The van der Waals surface area contributed by atoms with Crippen molar-refractivity contribution in [1.29, 1.82) is 0 Å². The third-order valence-electron chi connectivity index (χ3n) is 2.73. The third kappa shape index (κ3) is 5.08. The highest BCUT2D eigenvalue weighted by Gasteiger charge is 2.18. The van der Waals surface area contributed by atoms with Crippen molar-refractivity contribution in [2.75, 3.05) is 33.1 Å². The molecule has 3 amide bonds. The monoisotopic (exact) mass is 306 g/mol. The van der Waals surface area contributed by atoms with E-state index in [1.54, 1.807) is 32.0 Å². The topological polar surface area (TPSA) is 74.2 Å². The van der Waals surface area contributed by atoms with Gasteiger partial charge in [0.2, 0.25) is 5.96 Å². The summed E-state index contributed by atoms with van der Waals surface area (Å²) in [6.07, 6.45) is -0.735. The van der Waals surface area contributed by atoms with Gasteiger partial charge in [0.25, 0.3) is 0 Å². The highest BCUT2D eigenvalue weighted by molar-refractivity contribution is 6.04. The van der Waals surface area contributed by atoms with Crippen LogP contribution in [0.5, 0.6) is 0 Å². The van der Waals surface area contributed by atoms with Gasteiger partial charge in [0.1, 0.15) is 0 Å². The molecule has 0 unspecified atom stereocenters. The zero-order valence-corrected chi connectivity index (χ0v) is 13.6. The van der Waals surface area contributed by atoms with Crippen LogP contribution in [0, 0.1) is 6.92 Å². The second-order valence-corrected chi connectivity index (χ2v) is 4.86. The second kappa shape index (κ2) is 8.02. The average molecular weight is 306 g/mol. The highest BCUT2D eigenvalue weighted by Crippen LogP contribution is 2.10. The Kier molecular flexibility index (Phi) is 6.37. The van der Waals surface area contributed by atoms with Gasteiger partial charge in [-0.25, -0.2) is 9.59 Å². The summed E-state index contributed by atoms with van der Waals surface area (Å²) in [5.74, 6) is 0.184. The standard InChI is InChI=1S/C15H22N4O3/c1-6-22-15(21)17-13(18(3)4)19(5)14(20)16-12-9-7-8-11(2)10-12/h7-10H,6H2,1-5H3,(H,16,20)/b17-13-. The molecular weight excluding hydrogens is 284 g/mol. The Hall–Kier alpha value is -2.57. The van der Waals surface area contributed by atoms with E-state index < -0.39 is 12.1 Å². The molecule has 0 heterocycles. The zero-order chi connectivity index (χ0) is 16.7. The molecule has 0 aliphatic rings. The highest BCUT2D eigenvalue weighted by atomic mass is 16.5. The zero-order valence-electron chi connectivity index (χ0n) is 13.6. The van der Waals surface area contributed by atoms with Gasteiger partial charge in [0, 0.05) is 26.8 Å². The number of ether oxygens (including phenoxy) is 1. The molecule has 1 aromatic carbocycles. The van der Waals surface area contributed by atoms with Gasteiger partial charge in [-0.15, -0.1) is 4.99 Å². The Labute approximate surface area is 130 Å². The Balaban J connectivity index is 2.87. The van der Waals surface area contributed by atoms with Crippen LogP contribution < -0.4 is 5.32 Å². The molecule has 0 bridgehead atoms. The molecule has 0 saturated heterocycles. The predicted molar refractivity (Wildman–Crippen MR) is 86.1 cm³/mol. The number of nitrogens with zero attached hydrogens (tertiary/aromatic N) is 3. The number of hydrogen-bond donors (Lipinski definition) is 1. The molecule has 1 N–H and O–H groups in total. The smallest absolute Gasteiger partial charge is 0.436 e. The van der Waals surface area contributed by atoms with Gasteiger partial charge >= 0.3 is 12.1 Å². The van der Waals surface area contributed by atoms with Crippen LogP contribution in [-0.4, -0.2) is 55.6 Å². The molecule has 0 aliphatic heterocycles. The normalized spacial score (nSPS) is 10.9. The number of amides is 3. The maximum atomic E-state index is 12.3. The van der Waals surface area contributed by atoms with Crippen LogP contribution in [0.15, 0.2) is 29.3 Å². The van der Waals surface area contributed by atoms with E-state index in [9.17, 15) is 9.59 Å². The Morgan fingerprint density at radius 2 is 1.95 bits per heavy atom. The SMILES string of the molecule is CCOC(=O)/N=C(/N(C)C)N(C)C(=O)Nc1cccc(C)c1. The third-order valence-corrected chi connectivity index (χ3v) is 2.73. The lowest BCUT2D eigenvalue weighted by molar-refractivity contribution is 0.162. The van der Waals surface area contributed by atoms with E-state index in [-0.39, 0.29) is 12.6 Å². The summed E-state index contributed by atoms with van der Waals surface area (Å²) in [7, 11) is 4.91. The van der Waals surface area contributed by atoms with Gasteiger partial charge in [-0.05, 0) is 31.5 Å². The van der Waals surface area contributed by atoms with Crippen molar-refractivity contribution in [2.24, 2.45) is 4.99 Å². The van der Waals surface area contributed by atoms with Gasteiger partial charge < -0.3 is 15.0 Å². The number of aliphatic imine (C=N–C) groups is 1. The predicted octanol–water partition coefficient (Wildman–Crippen LogP) is 2.53. The minimum Gasteiger partial charge on any atom is -0.448 e. The minimum absolute atomic E-state index is 0.184. The molecule has 0 spiro atoms. The fourth-order valence-electron chi connectivity index (χ4n) is 1.73. The summed E-state index contributed by atoms with van der Waals surface area (Å²) in [6, 6.07) is 7.03. The number of hydrogen-bond acceptors (Lipinski definition) is 3.